The van der Waals surface area contributed by atoms with Gasteiger partial charge in [-0.05, 0) is 40.0 Å². The van der Waals surface area contributed by atoms with Crippen molar-refractivity contribution in [2.75, 3.05) is 0 Å². The lowest BCUT2D eigenvalue weighted by molar-refractivity contribution is -0.315. The van der Waals surface area contributed by atoms with Crippen LogP contribution in [0.1, 0.15) is 52.9 Å². The number of amides is 1. The van der Waals surface area contributed by atoms with E-state index in [9.17, 15) is 23.1 Å². The van der Waals surface area contributed by atoms with Gasteiger partial charge in [0.1, 0.15) is 5.60 Å². The molecule has 0 aromatic rings. The molecule has 0 aromatic carbocycles. The van der Waals surface area contributed by atoms with Crippen molar-refractivity contribution >= 4 is 11.8 Å². The maximum Gasteiger partial charge on any atom is 0.439 e. The third-order valence-electron chi connectivity index (χ3n) is 3.85. The molecule has 1 aliphatic heterocycles. The van der Waals surface area contributed by atoms with Gasteiger partial charge in [-0.3, -0.25) is 0 Å². The molecule has 8 heteroatoms. The Labute approximate surface area is 127 Å². The molecule has 1 heterocycles. The average molecular weight is 322 g/mol. The van der Waals surface area contributed by atoms with Crippen molar-refractivity contribution in [1.29, 1.82) is 0 Å². The molecule has 1 fully saturated rings. The molecule has 0 spiro atoms. The van der Waals surface area contributed by atoms with Gasteiger partial charge in [0.25, 0.3) is 5.72 Å². The number of carbonyl (C=O) groups is 1. The van der Waals surface area contributed by atoms with E-state index in [4.69, 9.17) is 4.74 Å². The van der Waals surface area contributed by atoms with E-state index in [1.165, 1.54) is 0 Å². The molecule has 1 N–H and O–H groups in total. The van der Waals surface area contributed by atoms with Gasteiger partial charge in [-0.15, -0.1) is 0 Å². The van der Waals surface area contributed by atoms with E-state index in [0.29, 0.717) is 19.3 Å². The van der Waals surface area contributed by atoms with Gasteiger partial charge < -0.3 is 9.84 Å². The number of hydrazone groups is 1. The second-order valence-electron chi connectivity index (χ2n) is 6.76. The van der Waals surface area contributed by atoms with Gasteiger partial charge in [-0.25, -0.2) is 4.79 Å². The largest absolute Gasteiger partial charge is 0.442 e. The summed E-state index contributed by atoms with van der Waals surface area (Å²) in [6.45, 7) is 4.62. The van der Waals surface area contributed by atoms with Gasteiger partial charge in [0.2, 0.25) is 0 Å². The van der Waals surface area contributed by atoms with Crippen LogP contribution in [0, 0.1) is 5.92 Å². The zero-order chi connectivity index (χ0) is 16.8. The van der Waals surface area contributed by atoms with Crippen LogP contribution in [0.2, 0.25) is 0 Å². The summed E-state index contributed by atoms with van der Waals surface area (Å²) in [6.07, 6.45) is -3.75. The van der Waals surface area contributed by atoms with Crippen molar-refractivity contribution in [2.45, 2.75) is 70.4 Å². The summed E-state index contributed by atoms with van der Waals surface area (Å²) in [4.78, 5) is 12.1. The maximum atomic E-state index is 13.5. The normalized spacial score (nSPS) is 29.7. The average Bonchev–Trinajstić information content (AvgIpc) is 2.51. The van der Waals surface area contributed by atoms with Crippen LogP contribution >= 0.6 is 0 Å². The molecule has 126 valence electrons. The molecule has 0 bridgehead atoms. The molecule has 0 saturated heterocycles. The summed E-state index contributed by atoms with van der Waals surface area (Å²) in [5, 5.41) is 14.2. The van der Waals surface area contributed by atoms with Gasteiger partial charge in [-0.1, -0.05) is 12.8 Å². The fourth-order valence-corrected chi connectivity index (χ4v) is 2.88. The lowest BCUT2D eigenvalue weighted by Crippen LogP contribution is -2.61. The molecule has 0 unspecified atom stereocenters. The number of ether oxygens (including phenoxy) is 1. The lowest BCUT2D eigenvalue weighted by atomic mass is 9.87. The molecule has 0 radical (unpaired) electrons. The molecular formula is C14H21F3N2O3. The Bertz CT molecular complexity index is 485. The molecule has 1 saturated carbocycles. The summed E-state index contributed by atoms with van der Waals surface area (Å²) in [5.41, 5.74) is -4.08. The molecule has 1 amide bonds. The van der Waals surface area contributed by atoms with Crippen LogP contribution in [-0.2, 0) is 4.74 Å². The maximum absolute atomic E-state index is 13.5. The van der Waals surface area contributed by atoms with E-state index >= 15 is 0 Å². The summed E-state index contributed by atoms with van der Waals surface area (Å²) >= 11 is 0. The Morgan fingerprint density at radius 3 is 2.50 bits per heavy atom. The minimum absolute atomic E-state index is 0.0869. The Morgan fingerprint density at radius 1 is 1.32 bits per heavy atom. The highest BCUT2D eigenvalue weighted by Crippen LogP contribution is 2.47. The van der Waals surface area contributed by atoms with Crippen LogP contribution in [0.15, 0.2) is 5.10 Å². The second kappa shape index (κ2) is 5.40. The number of aliphatic hydroxyl groups is 1. The highest BCUT2D eigenvalue weighted by Gasteiger charge is 2.68. The number of carbonyl (C=O) groups excluding carboxylic acids is 1. The first-order valence-corrected chi connectivity index (χ1v) is 7.36. The quantitative estimate of drug-likeness (QED) is 0.743. The minimum atomic E-state index is -5.01. The number of nitrogens with zero attached hydrogens (tertiary/aromatic N) is 2. The molecule has 2 atom stereocenters. The predicted octanol–water partition coefficient (Wildman–Crippen LogP) is 3.42. The fraction of sp³-hybridized carbons (Fsp3) is 0.857. The van der Waals surface area contributed by atoms with E-state index in [-0.39, 0.29) is 17.1 Å². The minimum Gasteiger partial charge on any atom is -0.442 e. The van der Waals surface area contributed by atoms with E-state index in [0.717, 1.165) is 6.42 Å². The van der Waals surface area contributed by atoms with Crippen molar-refractivity contribution < 1.29 is 27.8 Å². The van der Waals surface area contributed by atoms with Crippen LogP contribution in [0.3, 0.4) is 0 Å². The standard InChI is InChI=1S/C14H21F3N2O3/c1-12(2,3)22-11(20)19-13(21,14(15,16)17)9-7-5-4-6-8-10(9)18-19/h9,21H,4-8H2,1-3H3/t9-,13+/m1/s1. The summed E-state index contributed by atoms with van der Waals surface area (Å²) < 4.78 is 45.5. The molecule has 1 aliphatic carbocycles. The molecule has 2 aliphatic rings. The first-order chi connectivity index (χ1) is 9.97. The summed E-state index contributed by atoms with van der Waals surface area (Å²) in [7, 11) is 0. The lowest BCUT2D eigenvalue weighted by Gasteiger charge is -2.37. The van der Waals surface area contributed by atoms with Crippen LogP contribution in [-0.4, -0.2) is 39.4 Å². The third-order valence-corrected chi connectivity index (χ3v) is 3.85. The van der Waals surface area contributed by atoms with E-state index in [1.807, 2.05) is 0 Å². The van der Waals surface area contributed by atoms with Crippen molar-refractivity contribution in [3.63, 3.8) is 0 Å². The van der Waals surface area contributed by atoms with Gasteiger partial charge in [0, 0.05) is 5.71 Å². The van der Waals surface area contributed by atoms with Gasteiger partial charge in [0.15, 0.2) is 0 Å². The first-order valence-electron chi connectivity index (χ1n) is 7.36. The van der Waals surface area contributed by atoms with Crippen molar-refractivity contribution in [1.82, 2.24) is 5.01 Å². The van der Waals surface area contributed by atoms with Crippen LogP contribution in [0.5, 0.6) is 0 Å². The molecule has 22 heavy (non-hydrogen) atoms. The van der Waals surface area contributed by atoms with E-state index in [2.05, 4.69) is 5.10 Å². The SMILES string of the molecule is CC(C)(C)OC(=O)N1N=C2CCCCC[C@H]2[C@]1(O)C(F)(F)F. The van der Waals surface area contributed by atoms with Gasteiger partial charge in [-0.2, -0.15) is 23.3 Å². The van der Waals surface area contributed by atoms with Gasteiger partial charge >= 0.3 is 12.3 Å². The predicted molar refractivity (Wildman–Crippen MR) is 73.1 cm³/mol. The number of hydrogen-bond acceptors (Lipinski definition) is 4. The zero-order valence-corrected chi connectivity index (χ0v) is 12.9. The number of rotatable bonds is 0. The second-order valence-corrected chi connectivity index (χ2v) is 6.76. The van der Waals surface area contributed by atoms with Crippen LogP contribution in [0.4, 0.5) is 18.0 Å². The number of fused-ring (bicyclic) bond motifs is 1. The smallest absolute Gasteiger partial charge is 0.439 e. The third kappa shape index (κ3) is 2.93. The van der Waals surface area contributed by atoms with Crippen molar-refractivity contribution in [2.24, 2.45) is 11.0 Å². The Balaban J connectivity index is 2.39. The number of alkyl halides is 3. The van der Waals surface area contributed by atoms with Crippen molar-refractivity contribution in [3.05, 3.63) is 0 Å². The van der Waals surface area contributed by atoms with Crippen LogP contribution in [0.25, 0.3) is 0 Å². The highest BCUT2D eigenvalue weighted by atomic mass is 19.4. The summed E-state index contributed by atoms with van der Waals surface area (Å²) in [6, 6.07) is 0. The van der Waals surface area contributed by atoms with E-state index < -0.39 is 29.5 Å². The van der Waals surface area contributed by atoms with Crippen LogP contribution < -0.4 is 0 Å². The Hall–Kier alpha value is -1.31. The van der Waals surface area contributed by atoms with Gasteiger partial charge in [0.05, 0.1) is 5.92 Å². The molecular weight excluding hydrogens is 301 g/mol. The first kappa shape index (κ1) is 17.1. The van der Waals surface area contributed by atoms with E-state index in [1.54, 1.807) is 20.8 Å². The number of hydrogen-bond donors (Lipinski definition) is 1. The Kier molecular flexibility index (Phi) is 4.18. The molecule has 2 rings (SSSR count). The zero-order valence-electron chi connectivity index (χ0n) is 12.9. The van der Waals surface area contributed by atoms with Crippen molar-refractivity contribution in [3.8, 4) is 0 Å². The topological polar surface area (TPSA) is 62.1 Å². The fourth-order valence-electron chi connectivity index (χ4n) is 2.88. The molecule has 0 aromatic heterocycles. The highest BCUT2D eigenvalue weighted by molar-refractivity contribution is 5.92. The molecule has 5 nitrogen and oxygen atoms in total. The Morgan fingerprint density at radius 2 is 1.95 bits per heavy atom. The summed E-state index contributed by atoms with van der Waals surface area (Å²) in [5.74, 6) is -1.22. The number of halogens is 3. The monoisotopic (exact) mass is 322 g/mol.